The van der Waals surface area contributed by atoms with E-state index in [0.29, 0.717) is 6.42 Å². The van der Waals surface area contributed by atoms with Gasteiger partial charge in [-0.3, -0.25) is 4.79 Å². The molecule has 0 N–H and O–H groups in total. The van der Waals surface area contributed by atoms with Gasteiger partial charge in [0.1, 0.15) is 24.9 Å². The molecule has 1 rings (SSSR count). The van der Waals surface area contributed by atoms with Gasteiger partial charge in [0.2, 0.25) is 0 Å². The number of carbonyl (C=O) groups excluding carboxylic acids is 2. The van der Waals surface area contributed by atoms with E-state index >= 15 is 0 Å². The number of hydrogen-bond donors (Lipinski definition) is 0. The molecule has 5 nitrogen and oxygen atoms in total. The third-order valence-electron chi connectivity index (χ3n) is 3.92. The van der Waals surface area contributed by atoms with E-state index in [1.165, 1.54) is 6.08 Å². The van der Waals surface area contributed by atoms with Crippen molar-refractivity contribution in [3.8, 4) is 6.07 Å². The van der Waals surface area contributed by atoms with Crippen LogP contribution in [0.3, 0.4) is 0 Å². The summed E-state index contributed by atoms with van der Waals surface area (Å²) in [7, 11) is 0. The minimum atomic E-state index is -0.743. The highest BCUT2D eigenvalue weighted by Gasteiger charge is 2.26. The summed E-state index contributed by atoms with van der Waals surface area (Å²) in [5.74, 6) is -1.08. The second kappa shape index (κ2) is 10.2. The molecule has 0 radical (unpaired) electrons. The zero-order valence-electron chi connectivity index (χ0n) is 15.7. The van der Waals surface area contributed by atoms with Gasteiger partial charge in [0.25, 0.3) is 0 Å². The minimum Gasteiger partial charge on any atom is -0.462 e. The molecule has 0 atom stereocenters. The molecular formula is C21H25NO4. The average Bonchev–Trinajstić information content (AvgIpc) is 2.62. The molecule has 138 valence electrons. The van der Waals surface area contributed by atoms with Crippen LogP contribution in [0.15, 0.2) is 42.0 Å². The Morgan fingerprint density at radius 2 is 1.92 bits per heavy atom. The predicted octanol–water partition coefficient (Wildman–Crippen LogP) is 3.98. The summed E-state index contributed by atoms with van der Waals surface area (Å²) in [6.45, 7) is 7.34. The van der Waals surface area contributed by atoms with Crippen LogP contribution in [-0.4, -0.2) is 25.2 Å². The van der Waals surface area contributed by atoms with Crippen molar-refractivity contribution in [2.24, 2.45) is 5.41 Å². The summed E-state index contributed by atoms with van der Waals surface area (Å²) in [6.07, 6.45) is 5.47. The molecular weight excluding hydrogens is 330 g/mol. The molecule has 1 aromatic rings. The Morgan fingerprint density at radius 1 is 1.23 bits per heavy atom. The van der Waals surface area contributed by atoms with Gasteiger partial charge in [-0.2, -0.15) is 5.26 Å². The van der Waals surface area contributed by atoms with Crippen molar-refractivity contribution >= 4 is 18.0 Å². The Hall–Kier alpha value is -2.87. The molecule has 0 aromatic heterocycles. The van der Waals surface area contributed by atoms with E-state index in [1.807, 2.05) is 44.2 Å². The Bertz CT molecular complexity index is 739. The van der Waals surface area contributed by atoms with E-state index in [2.05, 4.69) is 0 Å². The largest absolute Gasteiger partial charge is 0.462 e. The summed E-state index contributed by atoms with van der Waals surface area (Å²) in [6, 6.07) is 9.64. The first-order valence-electron chi connectivity index (χ1n) is 8.49. The maximum Gasteiger partial charge on any atom is 0.349 e. The van der Waals surface area contributed by atoms with Crippen LogP contribution < -0.4 is 0 Å². The van der Waals surface area contributed by atoms with Crippen LogP contribution in [-0.2, 0) is 19.1 Å². The number of aryl methyl sites for hydroxylation is 1. The second-order valence-corrected chi connectivity index (χ2v) is 6.47. The first-order valence-corrected chi connectivity index (χ1v) is 8.49. The third-order valence-corrected chi connectivity index (χ3v) is 3.92. The van der Waals surface area contributed by atoms with Gasteiger partial charge < -0.3 is 9.47 Å². The summed E-state index contributed by atoms with van der Waals surface area (Å²) in [5.41, 5.74) is 1.41. The van der Waals surface area contributed by atoms with Gasteiger partial charge in [-0.1, -0.05) is 48.9 Å². The zero-order chi connectivity index (χ0) is 19.6. The smallest absolute Gasteiger partial charge is 0.349 e. The maximum absolute atomic E-state index is 11.9. The van der Waals surface area contributed by atoms with Gasteiger partial charge in [-0.15, -0.1) is 0 Å². The summed E-state index contributed by atoms with van der Waals surface area (Å²) in [5, 5.41) is 9.08. The van der Waals surface area contributed by atoms with Crippen LogP contribution in [0.1, 0.15) is 38.3 Å². The number of benzene rings is 1. The van der Waals surface area contributed by atoms with E-state index in [9.17, 15) is 9.59 Å². The summed E-state index contributed by atoms with van der Waals surface area (Å²) < 4.78 is 10.1. The van der Waals surface area contributed by atoms with Gasteiger partial charge >= 0.3 is 11.9 Å². The molecule has 0 saturated carbocycles. The number of hydrogen-bond acceptors (Lipinski definition) is 5. The van der Waals surface area contributed by atoms with Crippen molar-refractivity contribution in [3.63, 3.8) is 0 Å². The molecule has 0 fully saturated rings. The Labute approximate surface area is 154 Å². The first kappa shape index (κ1) is 21.2. The molecule has 26 heavy (non-hydrogen) atoms. The van der Waals surface area contributed by atoms with Gasteiger partial charge in [0.15, 0.2) is 0 Å². The fourth-order valence-electron chi connectivity index (χ4n) is 1.87. The Kier molecular flexibility index (Phi) is 8.30. The number of nitrogens with zero attached hydrogens (tertiary/aromatic N) is 1. The molecule has 0 aliphatic carbocycles. The molecule has 5 heteroatoms. The lowest BCUT2D eigenvalue weighted by atomic mass is 9.91. The minimum absolute atomic E-state index is 0.0359. The molecule has 0 aliphatic rings. The molecule has 0 saturated heterocycles. The van der Waals surface area contributed by atoms with Crippen molar-refractivity contribution in [1.82, 2.24) is 0 Å². The van der Waals surface area contributed by atoms with Gasteiger partial charge in [-0.05, 0) is 38.8 Å². The number of esters is 2. The molecule has 0 bridgehead atoms. The fraction of sp³-hybridized carbons (Fsp3) is 0.381. The molecule has 0 aliphatic heterocycles. The molecule has 0 unspecified atom stereocenters. The Balaban J connectivity index is 2.51. The van der Waals surface area contributed by atoms with E-state index in [4.69, 9.17) is 14.7 Å². The average molecular weight is 355 g/mol. The van der Waals surface area contributed by atoms with Crippen LogP contribution >= 0.6 is 0 Å². The highest BCUT2D eigenvalue weighted by molar-refractivity contribution is 5.93. The first-order chi connectivity index (χ1) is 12.3. The highest BCUT2D eigenvalue weighted by atomic mass is 16.6. The van der Waals surface area contributed by atoms with Gasteiger partial charge in [-0.25, -0.2) is 4.79 Å². The number of rotatable bonds is 8. The van der Waals surface area contributed by atoms with Crippen molar-refractivity contribution in [2.45, 2.75) is 34.1 Å². The number of carbonyl (C=O) groups is 2. The zero-order valence-corrected chi connectivity index (χ0v) is 15.7. The van der Waals surface area contributed by atoms with Crippen molar-refractivity contribution < 1.29 is 19.1 Å². The van der Waals surface area contributed by atoms with Crippen LogP contribution in [0.4, 0.5) is 0 Å². The highest BCUT2D eigenvalue weighted by Crippen LogP contribution is 2.21. The lowest BCUT2D eigenvalue weighted by Gasteiger charge is -2.20. The fourth-order valence-corrected chi connectivity index (χ4v) is 1.87. The normalized spacial score (nSPS) is 11.9. The number of nitriles is 1. The molecule has 0 spiro atoms. The van der Waals surface area contributed by atoms with E-state index in [-0.39, 0.29) is 24.8 Å². The SMILES string of the molecule is CCC(C)(C)C(=O)OCCOC(=O)/C(C#N)=C/C=C/c1cccc(C)c1. The van der Waals surface area contributed by atoms with Crippen LogP contribution in [0.5, 0.6) is 0 Å². The molecule has 0 heterocycles. The van der Waals surface area contributed by atoms with E-state index in [0.717, 1.165) is 11.1 Å². The molecule has 0 amide bonds. The second-order valence-electron chi connectivity index (χ2n) is 6.47. The number of ether oxygens (including phenoxy) is 2. The van der Waals surface area contributed by atoms with Crippen LogP contribution in [0.25, 0.3) is 6.08 Å². The van der Waals surface area contributed by atoms with E-state index in [1.54, 1.807) is 26.0 Å². The third kappa shape index (κ3) is 6.94. The van der Waals surface area contributed by atoms with Crippen molar-refractivity contribution in [2.75, 3.05) is 13.2 Å². The Morgan fingerprint density at radius 3 is 2.54 bits per heavy atom. The van der Waals surface area contributed by atoms with E-state index < -0.39 is 11.4 Å². The number of allylic oxidation sites excluding steroid dienone is 2. The predicted molar refractivity (Wildman–Crippen MR) is 99.9 cm³/mol. The summed E-state index contributed by atoms with van der Waals surface area (Å²) >= 11 is 0. The molecule has 1 aromatic carbocycles. The van der Waals surface area contributed by atoms with Crippen molar-refractivity contribution in [1.29, 1.82) is 5.26 Å². The quantitative estimate of drug-likeness (QED) is 0.232. The van der Waals surface area contributed by atoms with Crippen LogP contribution in [0.2, 0.25) is 0 Å². The van der Waals surface area contributed by atoms with Crippen molar-refractivity contribution in [3.05, 3.63) is 53.1 Å². The van der Waals surface area contributed by atoms with Crippen LogP contribution in [0, 0.1) is 23.7 Å². The lowest BCUT2D eigenvalue weighted by molar-refractivity contribution is -0.158. The topological polar surface area (TPSA) is 76.4 Å². The van der Waals surface area contributed by atoms with Gasteiger partial charge in [0.05, 0.1) is 5.41 Å². The standard InChI is InChI=1S/C21H25NO4/c1-5-21(3,4)20(24)26-13-12-25-19(23)18(15-22)11-7-10-17-9-6-8-16(2)14-17/h6-11,14H,5,12-13H2,1-4H3/b10-7+,18-11+. The van der Waals surface area contributed by atoms with Gasteiger partial charge in [0, 0.05) is 0 Å². The maximum atomic E-state index is 11.9. The lowest BCUT2D eigenvalue weighted by Crippen LogP contribution is -2.27. The summed E-state index contributed by atoms with van der Waals surface area (Å²) in [4.78, 5) is 23.7. The monoisotopic (exact) mass is 355 g/mol.